The number of furan rings is 1. The van der Waals surface area contributed by atoms with Gasteiger partial charge in [-0.15, -0.1) is 0 Å². The number of tetrazole rings is 1. The molecule has 29 heavy (non-hydrogen) atoms. The second-order valence-corrected chi connectivity index (χ2v) is 8.01. The van der Waals surface area contributed by atoms with E-state index < -0.39 is 6.04 Å². The van der Waals surface area contributed by atoms with Gasteiger partial charge in [0.05, 0.1) is 6.26 Å². The van der Waals surface area contributed by atoms with Crippen molar-refractivity contribution in [2.24, 2.45) is 0 Å². The number of anilines is 2. The molecule has 1 aliphatic heterocycles. The Morgan fingerprint density at radius 3 is 2.62 bits per heavy atom. The van der Waals surface area contributed by atoms with Gasteiger partial charge in [-0.3, -0.25) is 4.79 Å². The van der Waals surface area contributed by atoms with Gasteiger partial charge in [0.25, 0.3) is 5.56 Å². The van der Waals surface area contributed by atoms with Crippen LogP contribution in [0.2, 0.25) is 0 Å². The molecule has 1 unspecified atom stereocenters. The van der Waals surface area contributed by atoms with Crippen molar-refractivity contribution in [3.8, 4) is 11.5 Å². The number of hydrogen-bond donors (Lipinski definition) is 2. The van der Waals surface area contributed by atoms with Gasteiger partial charge in [0, 0.05) is 5.56 Å². The molecule has 0 fully saturated rings. The molecular formula is C20H19N7O2. The van der Waals surface area contributed by atoms with Crippen molar-refractivity contribution in [2.45, 2.75) is 32.2 Å². The Hall–Kier alpha value is -3.75. The number of rotatable bonds is 2. The highest BCUT2D eigenvalue weighted by Crippen LogP contribution is 2.41. The number of nitrogens with one attached hydrogen (secondary N) is 2. The van der Waals surface area contributed by atoms with E-state index in [4.69, 9.17) is 4.42 Å². The van der Waals surface area contributed by atoms with E-state index in [1.165, 1.54) is 5.56 Å². The highest BCUT2D eigenvalue weighted by Gasteiger charge is 2.35. The number of H-pyrrole nitrogens is 1. The van der Waals surface area contributed by atoms with E-state index in [2.05, 4.69) is 63.9 Å². The van der Waals surface area contributed by atoms with Crippen LogP contribution in [0, 0.1) is 0 Å². The molecule has 1 atom stereocenters. The normalized spacial score (nSPS) is 15.5. The van der Waals surface area contributed by atoms with Gasteiger partial charge in [0.2, 0.25) is 5.95 Å². The van der Waals surface area contributed by atoms with Gasteiger partial charge in [-0.1, -0.05) is 50.1 Å². The minimum Gasteiger partial charge on any atom is -0.463 e. The van der Waals surface area contributed by atoms with Crippen LogP contribution in [0.3, 0.4) is 0 Å². The third-order valence-corrected chi connectivity index (χ3v) is 5.12. The van der Waals surface area contributed by atoms with Crippen LogP contribution in [0.25, 0.3) is 11.5 Å². The third kappa shape index (κ3) is 2.74. The zero-order valence-electron chi connectivity index (χ0n) is 16.2. The molecule has 146 valence electrons. The first-order chi connectivity index (χ1) is 13.9. The number of aromatic nitrogens is 6. The molecule has 3 aromatic heterocycles. The highest BCUT2D eigenvalue weighted by molar-refractivity contribution is 5.73. The molecule has 0 spiro atoms. The maximum Gasteiger partial charge on any atom is 0.288 e. The first kappa shape index (κ1) is 17.4. The monoisotopic (exact) mass is 389 g/mol. The summed E-state index contributed by atoms with van der Waals surface area (Å²) in [5.74, 6) is 0.941. The molecule has 0 saturated heterocycles. The molecule has 0 aliphatic carbocycles. The van der Waals surface area contributed by atoms with E-state index >= 15 is 0 Å². The summed E-state index contributed by atoms with van der Waals surface area (Å²) in [5.41, 5.74) is 3.38. The molecule has 0 amide bonds. The number of benzene rings is 1. The van der Waals surface area contributed by atoms with Crippen molar-refractivity contribution in [2.75, 3.05) is 5.32 Å². The zero-order valence-corrected chi connectivity index (χ0v) is 16.2. The summed E-state index contributed by atoms with van der Waals surface area (Å²) in [6, 6.07) is 11.4. The lowest BCUT2D eigenvalue weighted by molar-refractivity contribution is 0.553. The van der Waals surface area contributed by atoms with Gasteiger partial charge >= 0.3 is 0 Å². The van der Waals surface area contributed by atoms with Crippen molar-refractivity contribution in [3.05, 3.63) is 69.7 Å². The van der Waals surface area contributed by atoms with Gasteiger partial charge in [-0.2, -0.15) is 9.78 Å². The maximum atomic E-state index is 12.6. The minimum absolute atomic E-state index is 0.0303. The Morgan fingerprint density at radius 2 is 1.93 bits per heavy atom. The van der Waals surface area contributed by atoms with Crippen molar-refractivity contribution in [3.63, 3.8) is 0 Å². The van der Waals surface area contributed by atoms with E-state index in [9.17, 15) is 4.79 Å². The fraction of sp³-hybridized carbons (Fsp3) is 0.250. The van der Waals surface area contributed by atoms with Crippen LogP contribution in [0.5, 0.6) is 0 Å². The van der Waals surface area contributed by atoms with Gasteiger partial charge in [0.15, 0.2) is 5.76 Å². The van der Waals surface area contributed by atoms with Gasteiger partial charge in [-0.25, -0.2) is 5.10 Å². The molecule has 4 aromatic rings. The highest BCUT2D eigenvalue weighted by atomic mass is 16.3. The molecule has 0 saturated carbocycles. The first-order valence-corrected chi connectivity index (χ1v) is 9.25. The van der Waals surface area contributed by atoms with E-state index in [-0.39, 0.29) is 11.0 Å². The minimum atomic E-state index is -0.430. The maximum absolute atomic E-state index is 12.6. The number of aromatic amines is 1. The SMILES string of the molecule is CC(C)(C)c1ccc(C2c3c(-c4ccco4)n[nH]c(=O)c3Nc3nnnn32)cc1. The molecule has 5 rings (SSSR count). The molecule has 2 N–H and O–H groups in total. The molecule has 0 bridgehead atoms. The summed E-state index contributed by atoms with van der Waals surface area (Å²) >= 11 is 0. The second-order valence-electron chi connectivity index (χ2n) is 8.01. The average molecular weight is 389 g/mol. The Bertz CT molecular complexity index is 1230. The Labute approximate surface area is 165 Å². The first-order valence-electron chi connectivity index (χ1n) is 9.25. The molecule has 4 heterocycles. The summed E-state index contributed by atoms with van der Waals surface area (Å²) in [4.78, 5) is 12.6. The van der Waals surface area contributed by atoms with E-state index in [0.717, 1.165) is 5.56 Å². The number of fused-ring (bicyclic) bond motifs is 2. The molecule has 0 radical (unpaired) electrons. The van der Waals surface area contributed by atoms with Crippen molar-refractivity contribution in [1.29, 1.82) is 0 Å². The summed E-state index contributed by atoms with van der Waals surface area (Å²) in [6.07, 6.45) is 1.57. The Kier molecular flexibility index (Phi) is 3.67. The lowest BCUT2D eigenvalue weighted by Gasteiger charge is -2.28. The smallest absolute Gasteiger partial charge is 0.288 e. The van der Waals surface area contributed by atoms with Crippen molar-refractivity contribution >= 4 is 11.6 Å². The van der Waals surface area contributed by atoms with Gasteiger partial charge in [-0.05, 0) is 39.1 Å². The summed E-state index contributed by atoms with van der Waals surface area (Å²) in [5, 5.41) is 21.8. The Balaban J connectivity index is 1.76. The van der Waals surface area contributed by atoms with E-state index in [1.54, 1.807) is 23.1 Å². The van der Waals surface area contributed by atoms with Crippen LogP contribution < -0.4 is 10.9 Å². The van der Waals surface area contributed by atoms with E-state index in [1.807, 2.05) is 12.1 Å². The fourth-order valence-electron chi connectivity index (χ4n) is 3.61. The third-order valence-electron chi connectivity index (χ3n) is 5.12. The second kappa shape index (κ2) is 6.13. The lowest BCUT2D eigenvalue weighted by Crippen LogP contribution is -2.29. The Morgan fingerprint density at radius 1 is 1.14 bits per heavy atom. The van der Waals surface area contributed by atoms with Gasteiger partial charge in [0.1, 0.15) is 17.4 Å². The van der Waals surface area contributed by atoms with Crippen LogP contribution in [0.15, 0.2) is 51.9 Å². The number of hydrogen-bond acceptors (Lipinski definition) is 7. The largest absolute Gasteiger partial charge is 0.463 e. The molecule has 9 nitrogen and oxygen atoms in total. The molecular weight excluding hydrogens is 370 g/mol. The van der Waals surface area contributed by atoms with Crippen LogP contribution in [0.4, 0.5) is 11.6 Å². The number of nitrogens with zero attached hydrogens (tertiary/aromatic N) is 5. The zero-order chi connectivity index (χ0) is 20.2. The van der Waals surface area contributed by atoms with Crippen molar-refractivity contribution < 1.29 is 4.42 Å². The average Bonchev–Trinajstić information content (AvgIpc) is 3.38. The van der Waals surface area contributed by atoms with Gasteiger partial charge < -0.3 is 9.73 Å². The fourth-order valence-corrected chi connectivity index (χ4v) is 3.61. The topological polar surface area (TPSA) is 115 Å². The van der Waals surface area contributed by atoms with Crippen LogP contribution in [-0.2, 0) is 5.41 Å². The lowest BCUT2D eigenvalue weighted by atomic mass is 9.85. The molecule has 1 aromatic carbocycles. The van der Waals surface area contributed by atoms with Crippen LogP contribution >= 0.6 is 0 Å². The van der Waals surface area contributed by atoms with E-state index in [0.29, 0.717) is 28.7 Å². The predicted molar refractivity (Wildman–Crippen MR) is 106 cm³/mol. The van der Waals surface area contributed by atoms with Crippen LogP contribution in [0.1, 0.15) is 43.5 Å². The molecule has 9 heteroatoms. The predicted octanol–water partition coefficient (Wildman–Crippen LogP) is 3.01. The van der Waals surface area contributed by atoms with Crippen molar-refractivity contribution in [1.82, 2.24) is 30.4 Å². The summed E-state index contributed by atoms with van der Waals surface area (Å²) in [7, 11) is 0. The standard InChI is InChI=1S/C20H19N7O2/c1-20(2,3)12-8-6-11(7-9-12)17-14-15(13-5-4-10-29-13)22-23-18(28)16(14)21-19-24-25-26-27(17)19/h4-10,17H,1-3H3,(H,23,28)(H,21,24,26). The summed E-state index contributed by atoms with van der Waals surface area (Å²) < 4.78 is 7.22. The molecule has 1 aliphatic rings. The quantitative estimate of drug-likeness (QED) is 0.477. The van der Waals surface area contributed by atoms with Crippen LogP contribution in [-0.4, -0.2) is 30.4 Å². The summed E-state index contributed by atoms with van der Waals surface area (Å²) in [6.45, 7) is 6.50.